The molecule has 0 amide bonds. The molecule has 2 aromatic carbocycles. The van der Waals surface area contributed by atoms with E-state index in [0.717, 1.165) is 51.1 Å². The van der Waals surface area contributed by atoms with Crippen LogP contribution in [-0.2, 0) is 6.42 Å². The first-order valence-electron chi connectivity index (χ1n) is 9.99. The van der Waals surface area contributed by atoms with E-state index in [1.807, 2.05) is 18.2 Å². The highest BCUT2D eigenvalue weighted by Crippen LogP contribution is 2.39. The monoisotopic (exact) mass is 443 g/mol. The van der Waals surface area contributed by atoms with E-state index in [2.05, 4.69) is 41.1 Å². The van der Waals surface area contributed by atoms with Gasteiger partial charge in [0.05, 0.1) is 10.5 Å². The molecule has 5 aromatic rings. The molecular weight excluding hydrogens is 429 g/mol. The molecule has 0 spiro atoms. The normalized spacial score (nSPS) is 13.0. The van der Waals surface area contributed by atoms with Gasteiger partial charge in [-0.2, -0.15) is 0 Å². The number of aromatic amines is 1. The lowest BCUT2D eigenvalue weighted by Crippen LogP contribution is -2.15. The summed E-state index contributed by atoms with van der Waals surface area (Å²) in [5.41, 5.74) is 5.35. The lowest BCUT2D eigenvalue weighted by atomic mass is 10.0. The Morgan fingerprint density at radius 2 is 1.91 bits per heavy atom. The first kappa shape index (κ1) is 18.8. The van der Waals surface area contributed by atoms with Crippen LogP contribution in [0.1, 0.15) is 5.56 Å². The number of H-pyrrole nitrogens is 1. The summed E-state index contributed by atoms with van der Waals surface area (Å²) in [5, 5.41) is 8.90. The number of anilines is 2. The van der Waals surface area contributed by atoms with Gasteiger partial charge in [0.15, 0.2) is 5.82 Å². The molecule has 156 valence electrons. The van der Waals surface area contributed by atoms with E-state index in [4.69, 9.17) is 11.6 Å². The van der Waals surface area contributed by atoms with E-state index in [1.54, 1.807) is 24.8 Å². The second-order valence-electron chi connectivity index (χ2n) is 7.53. The van der Waals surface area contributed by atoms with Crippen molar-refractivity contribution in [3.05, 3.63) is 77.8 Å². The Labute approximate surface area is 187 Å². The molecule has 1 aliphatic rings. The van der Waals surface area contributed by atoms with Gasteiger partial charge >= 0.3 is 0 Å². The molecule has 32 heavy (non-hydrogen) atoms. The maximum Gasteiger partial charge on any atom is 0.162 e. The summed E-state index contributed by atoms with van der Waals surface area (Å²) < 4.78 is 13.9. The molecule has 0 saturated heterocycles. The predicted octanol–water partition coefficient (Wildman–Crippen LogP) is 4.96. The molecule has 4 heterocycles. The van der Waals surface area contributed by atoms with Gasteiger partial charge in [-0.05, 0) is 47.9 Å². The van der Waals surface area contributed by atoms with Crippen LogP contribution in [0.4, 0.5) is 15.9 Å². The zero-order valence-corrected chi connectivity index (χ0v) is 17.4. The highest BCUT2D eigenvalue weighted by atomic mass is 35.5. The van der Waals surface area contributed by atoms with Crippen LogP contribution >= 0.6 is 11.6 Å². The molecule has 7 nitrogen and oxygen atoms in total. The van der Waals surface area contributed by atoms with E-state index >= 15 is 0 Å². The molecule has 1 N–H and O–H groups in total. The average molecular weight is 444 g/mol. The summed E-state index contributed by atoms with van der Waals surface area (Å²) in [4.78, 5) is 18.4. The largest absolute Gasteiger partial charge is 0.328 e. The van der Waals surface area contributed by atoms with Gasteiger partial charge in [-0.15, -0.1) is 10.2 Å². The number of nitrogens with one attached hydrogen (secondary N) is 1. The van der Waals surface area contributed by atoms with E-state index in [-0.39, 0.29) is 5.02 Å². The third-order valence-electron chi connectivity index (χ3n) is 5.65. The van der Waals surface area contributed by atoms with Crippen LogP contribution in [0.3, 0.4) is 0 Å². The van der Waals surface area contributed by atoms with Crippen LogP contribution in [0.25, 0.3) is 33.4 Å². The summed E-state index contributed by atoms with van der Waals surface area (Å²) in [6.07, 6.45) is 7.35. The molecule has 0 bridgehead atoms. The van der Waals surface area contributed by atoms with E-state index in [9.17, 15) is 4.39 Å². The van der Waals surface area contributed by atoms with Gasteiger partial charge in [-0.1, -0.05) is 17.7 Å². The van der Waals surface area contributed by atoms with Crippen LogP contribution in [0.2, 0.25) is 5.02 Å². The second-order valence-corrected chi connectivity index (χ2v) is 7.93. The van der Waals surface area contributed by atoms with Crippen molar-refractivity contribution in [2.24, 2.45) is 0 Å². The smallest absolute Gasteiger partial charge is 0.162 e. The molecular formula is C23H15ClFN7. The van der Waals surface area contributed by atoms with Crippen LogP contribution in [0, 0.1) is 5.82 Å². The average Bonchev–Trinajstić information content (AvgIpc) is 3.49. The fraction of sp³-hybridized carbons (Fsp3) is 0.0870. The van der Waals surface area contributed by atoms with Crippen molar-refractivity contribution >= 4 is 34.0 Å². The number of hydrogen-bond donors (Lipinski definition) is 1. The molecule has 0 aliphatic carbocycles. The number of nitrogens with zero attached hydrogens (tertiary/aromatic N) is 6. The Bertz CT molecular complexity index is 1470. The van der Waals surface area contributed by atoms with Crippen LogP contribution in [0.15, 0.2) is 61.4 Å². The molecule has 6 rings (SSSR count). The molecule has 9 heteroatoms. The van der Waals surface area contributed by atoms with Crippen molar-refractivity contribution < 1.29 is 4.39 Å². The Kier molecular flexibility index (Phi) is 4.32. The highest BCUT2D eigenvalue weighted by Gasteiger charge is 2.25. The number of benzene rings is 2. The van der Waals surface area contributed by atoms with Gasteiger partial charge in [0, 0.05) is 41.1 Å². The molecule has 3 aromatic heterocycles. The van der Waals surface area contributed by atoms with Crippen molar-refractivity contribution in [3.8, 4) is 22.5 Å². The van der Waals surface area contributed by atoms with Crippen molar-refractivity contribution in [2.45, 2.75) is 6.42 Å². The summed E-state index contributed by atoms with van der Waals surface area (Å²) in [6.45, 7) is 0.688. The summed E-state index contributed by atoms with van der Waals surface area (Å²) >= 11 is 6.07. The number of fused-ring (bicyclic) bond motifs is 2. The first-order valence-corrected chi connectivity index (χ1v) is 10.4. The van der Waals surface area contributed by atoms with Gasteiger partial charge in [0.2, 0.25) is 0 Å². The highest BCUT2D eigenvalue weighted by molar-refractivity contribution is 6.31. The van der Waals surface area contributed by atoms with Crippen LogP contribution in [0.5, 0.6) is 0 Å². The molecule has 0 unspecified atom stereocenters. The van der Waals surface area contributed by atoms with Gasteiger partial charge in [-0.3, -0.25) is 4.98 Å². The van der Waals surface area contributed by atoms with Crippen molar-refractivity contribution in [1.29, 1.82) is 0 Å². The standard InChI is InChI=1S/C23H15ClFN7/c24-18-8-21-14(7-19(18)25)3-4-32(21)23-17-6-13(1-2-20(17)27-11-29-23)15-5-16(10-26-9-15)22-28-12-30-31-22/h1-2,5-12H,3-4H2,(H,28,30,31). The number of pyridine rings is 1. The topological polar surface area (TPSA) is 83.5 Å². The molecule has 0 radical (unpaired) electrons. The van der Waals surface area contributed by atoms with E-state index < -0.39 is 5.82 Å². The SMILES string of the molecule is Fc1cc2c(cc1Cl)N(c1ncnc3ccc(-c4cncc(-c5nnc[nH]5)c4)cc13)CC2. The summed E-state index contributed by atoms with van der Waals surface area (Å²) in [6, 6.07) is 11.2. The molecule has 0 saturated carbocycles. The van der Waals surface area contributed by atoms with Crippen molar-refractivity contribution in [3.63, 3.8) is 0 Å². The van der Waals surface area contributed by atoms with Crippen LogP contribution in [-0.4, -0.2) is 36.7 Å². The van der Waals surface area contributed by atoms with Gasteiger partial charge in [-0.25, -0.2) is 14.4 Å². The molecule has 0 fully saturated rings. The first-order chi connectivity index (χ1) is 15.7. The lowest BCUT2D eigenvalue weighted by Gasteiger charge is -2.20. The summed E-state index contributed by atoms with van der Waals surface area (Å²) in [7, 11) is 0. The Balaban J connectivity index is 1.47. The third kappa shape index (κ3) is 3.07. The van der Waals surface area contributed by atoms with Crippen molar-refractivity contribution in [2.75, 3.05) is 11.4 Å². The Morgan fingerprint density at radius 1 is 1.00 bits per heavy atom. The Morgan fingerprint density at radius 3 is 2.78 bits per heavy atom. The number of halogens is 2. The fourth-order valence-electron chi connectivity index (χ4n) is 4.11. The van der Waals surface area contributed by atoms with E-state index in [0.29, 0.717) is 12.4 Å². The van der Waals surface area contributed by atoms with Crippen LogP contribution < -0.4 is 4.90 Å². The number of rotatable bonds is 3. The number of hydrogen-bond acceptors (Lipinski definition) is 6. The maximum absolute atomic E-state index is 13.9. The fourth-order valence-corrected chi connectivity index (χ4v) is 4.27. The third-order valence-corrected chi connectivity index (χ3v) is 5.94. The summed E-state index contributed by atoms with van der Waals surface area (Å²) in [5.74, 6) is 1.01. The molecule has 1 aliphatic heterocycles. The quantitative estimate of drug-likeness (QED) is 0.424. The zero-order chi connectivity index (χ0) is 21.7. The van der Waals surface area contributed by atoms with E-state index in [1.165, 1.54) is 12.4 Å². The van der Waals surface area contributed by atoms with Gasteiger partial charge in [0.1, 0.15) is 24.3 Å². The predicted molar refractivity (Wildman–Crippen MR) is 120 cm³/mol. The van der Waals surface area contributed by atoms with Crippen molar-refractivity contribution in [1.82, 2.24) is 30.1 Å². The second kappa shape index (κ2) is 7.35. The zero-order valence-electron chi connectivity index (χ0n) is 16.6. The van der Waals surface area contributed by atoms with Gasteiger partial charge < -0.3 is 9.88 Å². The molecule has 0 atom stereocenters. The van der Waals surface area contributed by atoms with Gasteiger partial charge in [0.25, 0.3) is 0 Å². The maximum atomic E-state index is 13.9. The minimum absolute atomic E-state index is 0.102. The minimum Gasteiger partial charge on any atom is -0.328 e. The number of aromatic nitrogens is 6. The minimum atomic E-state index is -0.402. The Hall–Kier alpha value is -3.91. The lowest BCUT2D eigenvalue weighted by molar-refractivity contribution is 0.627.